The van der Waals surface area contributed by atoms with E-state index < -0.39 is 5.79 Å². The fraction of sp³-hybridized carbons (Fsp3) is 0.333. The van der Waals surface area contributed by atoms with Crippen LogP contribution in [-0.4, -0.2) is 11.7 Å². The van der Waals surface area contributed by atoms with Gasteiger partial charge in [-0.2, -0.15) is 9.90 Å². The molecule has 0 saturated heterocycles. The van der Waals surface area contributed by atoms with Crippen LogP contribution < -0.4 is 0 Å². The van der Waals surface area contributed by atoms with Crippen molar-refractivity contribution in [2.24, 2.45) is 0 Å². The normalized spacial score (nSPS) is 11.0. The first-order valence-corrected chi connectivity index (χ1v) is 7.24. The van der Waals surface area contributed by atoms with E-state index in [-0.39, 0.29) is 9.90 Å². The molecule has 0 aromatic heterocycles. The Balaban J connectivity index is 0.00000220. The van der Waals surface area contributed by atoms with E-state index in [4.69, 9.17) is 4.74 Å². The standard InChI is InChI=1S/C18H22O2.H3P/c1-2-3-10-15-20-18(19,16-11-6-4-7-12-16)17-13-8-5-9-14-17;/h4-9,11-14,19H,2-3,10,15H2,1H3;1H3. The highest BCUT2D eigenvalue weighted by molar-refractivity contribution is 6.92. The molecule has 0 aliphatic carbocycles. The van der Waals surface area contributed by atoms with Crippen LogP contribution in [0.25, 0.3) is 0 Å². The Labute approximate surface area is 130 Å². The number of unbranched alkanes of at least 4 members (excludes halogenated alkanes) is 2. The lowest BCUT2D eigenvalue weighted by atomic mass is 9.97. The highest BCUT2D eigenvalue weighted by atomic mass is 31.0. The third-order valence-corrected chi connectivity index (χ3v) is 3.39. The lowest BCUT2D eigenvalue weighted by molar-refractivity contribution is -0.181. The molecule has 114 valence electrons. The van der Waals surface area contributed by atoms with Crippen LogP contribution in [0, 0.1) is 0 Å². The number of rotatable bonds is 7. The smallest absolute Gasteiger partial charge is 0.219 e. The third kappa shape index (κ3) is 4.64. The van der Waals surface area contributed by atoms with Crippen LogP contribution in [0.1, 0.15) is 37.3 Å². The molecule has 1 N–H and O–H groups in total. The third-order valence-electron chi connectivity index (χ3n) is 3.39. The molecule has 1 unspecified atom stereocenters. The van der Waals surface area contributed by atoms with Gasteiger partial charge in [0.15, 0.2) is 0 Å². The van der Waals surface area contributed by atoms with E-state index >= 15 is 0 Å². The predicted molar refractivity (Wildman–Crippen MR) is 92.5 cm³/mol. The highest BCUT2D eigenvalue weighted by Gasteiger charge is 2.32. The van der Waals surface area contributed by atoms with E-state index in [1.165, 1.54) is 0 Å². The predicted octanol–water partition coefficient (Wildman–Crippen LogP) is 4.14. The summed E-state index contributed by atoms with van der Waals surface area (Å²) in [6.07, 6.45) is 3.20. The Hall–Kier alpha value is -1.21. The van der Waals surface area contributed by atoms with E-state index in [0.29, 0.717) is 6.61 Å². The highest BCUT2D eigenvalue weighted by Crippen LogP contribution is 2.31. The van der Waals surface area contributed by atoms with Crippen LogP contribution in [0.15, 0.2) is 60.7 Å². The summed E-state index contributed by atoms with van der Waals surface area (Å²) < 4.78 is 5.86. The van der Waals surface area contributed by atoms with Gasteiger partial charge in [-0.15, -0.1) is 0 Å². The van der Waals surface area contributed by atoms with Crippen LogP contribution in [-0.2, 0) is 10.5 Å². The Bertz CT molecular complexity index is 460. The van der Waals surface area contributed by atoms with Gasteiger partial charge >= 0.3 is 0 Å². The number of hydrogen-bond donors (Lipinski definition) is 1. The Kier molecular flexibility index (Phi) is 7.60. The molecule has 1 atom stereocenters. The SMILES string of the molecule is CCCCCOC(O)(c1ccccc1)c1ccccc1.P. The largest absolute Gasteiger partial charge is 0.358 e. The molecule has 2 rings (SSSR count). The van der Waals surface area contributed by atoms with Crippen molar-refractivity contribution in [2.45, 2.75) is 32.0 Å². The first kappa shape index (κ1) is 17.8. The summed E-state index contributed by atoms with van der Waals surface area (Å²) in [6, 6.07) is 19.1. The van der Waals surface area contributed by atoms with E-state index in [2.05, 4.69) is 6.92 Å². The van der Waals surface area contributed by atoms with Crippen LogP contribution in [0.3, 0.4) is 0 Å². The van der Waals surface area contributed by atoms with Gasteiger partial charge in [0, 0.05) is 11.1 Å². The zero-order chi connectivity index (χ0) is 14.3. The fourth-order valence-corrected chi connectivity index (χ4v) is 2.23. The number of hydrogen-bond acceptors (Lipinski definition) is 2. The molecular weight excluding hydrogens is 279 g/mol. The van der Waals surface area contributed by atoms with Crippen molar-refractivity contribution in [3.8, 4) is 0 Å². The zero-order valence-electron chi connectivity index (χ0n) is 12.7. The molecule has 0 fully saturated rings. The molecule has 3 heteroatoms. The van der Waals surface area contributed by atoms with Crippen molar-refractivity contribution < 1.29 is 9.84 Å². The lowest BCUT2D eigenvalue weighted by Gasteiger charge is -2.29. The zero-order valence-corrected chi connectivity index (χ0v) is 14.1. The maximum Gasteiger partial charge on any atom is 0.219 e. The summed E-state index contributed by atoms with van der Waals surface area (Å²) >= 11 is 0. The number of aliphatic hydroxyl groups is 1. The number of benzene rings is 2. The second-order valence-corrected chi connectivity index (χ2v) is 4.93. The maximum absolute atomic E-state index is 11.0. The van der Waals surface area contributed by atoms with Gasteiger partial charge in [0.25, 0.3) is 0 Å². The maximum atomic E-state index is 11.0. The molecule has 21 heavy (non-hydrogen) atoms. The van der Waals surface area contributed by atoms with Gasteiger partial charge in [-0.1, -0.05) is 80.4 Å². The van der Waals surface area contributed by atoms with Crippen LogP contribution in [0.4, 0.5) is 0 Å². The summed E-state index contributed by atoms with van der Waals surface area (Å²) in [6.45, 7) is 2.70. The summed E-state index contributed by atoms with van der Waals surface area (Å²) in [4.78, 5) is 0. The monoisotopic (exact) mass is 304 g/mol. The Morgan fingerprint density at radius 3 is 1.76 bits per heavy atom. The molecular formula is C18H25O2P. The average molecular weight is 304 g/mol. The van der Waals surface area contributed by atoms with Gasteiger partial charge < -0.3 is 9.84 Å². The molecule has 0 aliphatic heterocycles. The second kappa shape index (κ2) is 8.94. The fourth-order valence-electron chi connectivity index (χ4n) is 2.23. The van der Waals surface area contributed by atoms with Gasteiger partial charge in [0.05, 0.1) is 6.61 Å². The minimum atomic E-state index is -1.36. The molecule has 0 saturated carbocycles. The van der Waals surface area contributed by atoms with Crippen LogP contribution >= 0.6 is 9.90 Å². The quantitative estimate of drug-likeness (QED) is 0.473. The van der Waals surface area contributed by atoms with Gasteiger partial charge in [-0.05, 0) is 6.42 Å². The molecule has 2 aromatic carbocycles. The van der Waals surface area contributed by atoms with Crippen molar-refractivity contribution in [3.05, 3.63) is 71.8 Å². The van der Waals surface area contributed by atoms with Crippen molar-refractivity contribution >= 4 is 9.90 Å². The Morgan fingerprint density at radius 1 is 0.857 bits per heavy atom. The lowest BCUT2D eigenvalue weighted by Crippen LogP contribution is -2.31. The topological polar surface area (TPSA) is 29.5 Å². The molecule has 2 nitrogen and oxygen atoms in total. The molecule has 0 spiro atoms. The van der Waals surface area contributed by atoms with E-state index in [0.717, 1.165) is 30.4 Å². The van der Waals surface area contributed by atoms with Crippen molar-refractivity contribution in [1.29, 1.82) is 0 Å². The molecule has 0 amide bonds. The summed E-state index contributed by atoms with van der Waals surface area (Å²) in [5.74, 6) is -1.36. The van der Waals surface area contributed by atoms with Crippen LogP contribution in [0.5, 0.6) is 0 Å². The minimum Gasteiger partial charge on any atom is -0.358 e. The van der Waals surface area contributed by atoms with Gasteiger partial charge in [-0.3, -0.25) is 0 Å². The van der Waals surface area contributed by atoms with Crippen molar-refractivity contribution in [1.82, 2.24) is 0 Å². The first-order valence-electron chi connectivity index (χ1n) is 7.24. The van der Waals surface area contributed by atoms with E-state index in [1.807, 2.05) is 60.7 Å². The molecule has 0 aliphatic rings. The van der Waals surface area contributed by atoms with Gasteiger partial charge in [0.2, 0.25) is 5.79 Å². The van der Waals surface area contributed by atoms with Crippen molar-refractivity contribution in [2.75, 3.05) is 6.61 Å². The van der Waals surface area contributed by atoms with Gasteiger partial charge in [0.1, 0.15) is 0 Å². The second-order valence-electron chi connectivity index (χ2n) is 4.93. The molecule has 0 heterocycles. The minimum absolute atomic E-state index is 0. The summed E-state index contributed by atoms with van der Waals surface area (Å²) in [5.41, 5.74) is 1.53. The Morgan fingerprint density at radius 2 is 1.33 bits per heavy atom. The molecule has 0 radical (unpaired) electrons. The summed E-state index contributed by atoms with van der Waals surface area (Å²) in [5, 5.41) is 11.0. The summed E-state index contributed by atoms with van der Waals surface area (Å²) in [7, 11) is 0. The molecule has 2 aromatic rings. The average Bonchev–Trinajstić information content (AvgIpc) is 2.53. The van der Waals surface area contributed by atoms with Crippen LogP contribution in [0.2, 0.25) is 0 Å². The molecule has 0 bridgehead atoms. The van der Waals surface area contributed by atoms with E-state index in [9.17, 15) is 5.11 Å². The van der Waals surface area contributed by atoms with Crippen molar-refractivity contribution in [3.63, 3.8) is 0 Å². The first-order chi connectivity index (χ1) is 9.77. The van der Waals surface area contributed by atoms with Gasteiger partial charge in [-0.25, -0.2) is 0 Å². The van der Waals surface area contributed by atoms with E-state index in [1.54, 1.807) is 0 Å². The number of ether oxygens (including phenoxy) is 1.